The smallest absolute Gasteiger partial charge is 0.242 e. The molecule has 0 radical (unpaired) electrons. The summed E-state index contributed by atoms with van der Waals surface area (Å²) >= 11 is 0. The van der Waals surface area contributed by atoms with Gasteiger partial charge in [0.05, 0.1) is 6.10 Å². The predicted molar refractivity (Wildman–Crippen MR) is 71.8 cm³/mol. The van der Waals surface area contributed by atoms with Crippen LogP contribution in [0.1, 0.15) is 25.8 Å². The van der Waals surface area contributed by atoms with Crippen LogP contribution in [0.15, 0.2) is 23.1 Å². The van der Waals surface area contributed by atoms with Crippen molar-refractivity contribution in [2.24, 2.45) is 5.92 Å². The number of sulfonamides is 1. The highest BCUT2D eigenvalue weighted by Crippen LogP contribution is 2.18. The first kappa shape index (κ1) is 16.6. The summed E-state index contributed by atoms with van der Waals surface area (Å²) in [5, 5.41) is 18.6. The second-order valence-corrected chi connectivity index (χ2v) is 6.26. The van der Waals surface area contributed by atoms with Gasteiger partial charge >= 0.3 is 0 Å². The Balaban J connectivity index is 2.96. The van der Waals surface area contributed by atoms with Crippen LogP contribution in [0.4, 0.5) is 4.39 Å². The molecule has 0 aliphatic carbocycles. The summed E-state index contributed by atoms with van der Waals surface area (Å²) in [6.45, 7) is 3.49. The molecule has 0 aromatic heterocycles. The van der Waals surface area contributed by atoms with E-state index in [2.05, 4.69) is 4.72 Å². The van der Waals surface area contributed by atoms with Crippen molar-refractivity contribution in [1.82, 2.24) is 4.72 Å². The minimum atomic E-state index is -4.03. The van der Waals surface area contributed by atoms with Crippen molar-refractivity contribution >= 4 is 10.0 Å². The highest BCUT2D eigenvalue weighted by atomic mass is 32.2. The van der Waals surface area contributed by atoms with Gasteiger partial charge in [0, 0.05) is 6.54 Å². The van der Waals surface area contributed by atoms with Crippen molar-refractivity contribution in [3.63, 3.8) is 0 Å². The lowest BCUT2D eigenvalue weighted by molar-refractivity contribution is 0.118. The molecule has 0 saturated heterocycles. The molecule has 0 bridgehead atoms. The molecular weight excluding hydrogens is 283 g/mol. The van der Waals surface area contributed by atoms with Crippen molar-refractivity contribution in [3.8, 4) is 6.07 Å². The van der Waals surface area contributed by atoms with Crippen molar-refractivity contribution in [3.05, 3.63) is 29.6 Å². The van der Waals surface area contributed by atoms with Gasteiger partial charge in [-0.1, -0.05) is 26.3 Å². The van der Waals surface area contributed by atoms with Gasteiger partial charge in [-0.3, -0.25) is 0 Å². The topological polar surface area (TPSA) is 90.2 Å². The Hall–Kier alpha value is -1.49. The summed E-state index contributed by atoms with van der Waals surface area (Å²) in [4.78, 5) is -0.420. The molecule has 0 amide bonds. The number of nitrogens with zero attached hydrogens (tertiary/aromatic N) is 1. The molecule has 2 atom stereocenters. The van der Waals surface area contributed by atoms with Gasteiger partial charge in [0.1, 0.15) is 22.3 Å². The fourth-order valence-corrected chi connectivity index (χ4v) is 2.80. The van der Waals surface area contributed by atoms with Crippen LogP contribution in [0.25, 0.3) is 0 Å². The van der Waals surface area contributed by atoms with E-state index in [1.54, 1.807) is 6.92 Å². The number of hydrogen-bond acceptors (Lipinski definition) is 4. The average molecular weight is 300 g/mol. The first-order valence-corrected chi connectivity index (χ1v) is 7.68. The van der Waals surface area contributed by atoms with Crippen LogP contribution in [0, 0.1) is 23.1 Å². The van der Waals surface area contributed by atoms with E-state index in [1.807, 2.05) is 6.92 Å². The Morgan fingerprint density at radius 1 is 1.50 bits per heavy atom. The van der Waals surface area contributed by atoms with Crippen LogP contribution in [0.5, 0.6) is 0 Å². The van der Waals surface area contributed by atoms with E-state index >= 15 is 0 Å². The van der Waals surface area contributed by atoms with Gasteiger partial charge in [-0.2, -0.15) is 5.26 Å². The summed E-state index contributed by atoms with van der Waals surface area (Å²) in [6, 6.07) is 4.92. The van der Waals surface area contributed by atoms with Crippen molar-refractivity contribution in [2.45, 2.75) is 31.3 Å². The molecular formula is C13H17FN2O3S. The van der Waals surface area contributed by atoms with Crippen LogP contribution in [0.2, 0.25) is 0 Å². The fraction of sp³-hybridized carbons (Fsp3) is 0.462. The maximum Gasteiger partial charge on any atom is 0.242 e. The Bertz CT molecular complexity index is 611. The fourth-order valence-electron chi connectivity index (χ4n) is 1.58. The Labute approximate surface area is 118 Å². The normalized spacial score (nSPS) is 14.6. The molecule has 0 aliphatic rings. The number of benzene rings is 1. The summed E-state index contributed by atoms with van der Waals surface area (Å²) in [7, 11) is -4.03. The van der Waals surface area contributed by atoms with Crippen molar-refractivity contribution < 1.29 is 17.9 Å². The van der Waals surface area contributed by atoms with Gasteiger partial charge in [-0.05, 0) is 18.1 Å². The van der Waals surface area contributed by atoms with Gasteiger partial charge in [0.25, 0.3) is 0 Å². The number of aliphatic hydroxyl groups is 1. The quantitative estimate of drug-likeness (QED) is 0.830. The van der Waals surface area contributed by atoms with E-state index in [0.717, 1.165) is 12.1 Å². The van der Waals surface area contributed by atoms with Gasteiger partial charge in [0.2, 0.25) is 10.0 Å². The molecule has 7 heteroatoms. The molecule has 1 aromatic carbocycles. The number of nitriles is 1. The third kappa shape index (κ3) is 3.76. The van der Waals surface area contributed by atoms with Gasteiger partial charge < -0.3 is 5.11 Å². The zero-order valence-corrected chi connectivity index (χ0v) is 12.1. The first-order valence-electron chi connectivity index (χ1n) is 6.19. The maximum atomic E-state index is 13.4. The lowest BCUT2D eigenvalue weighted by Gasteiger charge is -2.17. The number of rotatable bonds is 6. The zero-order valence-electron chi connectivity index (χ0n) is 11.3. The standard InChI is InChI=1S/C13H17FN2O3S/c1-3-9(2)12(17)8-16-20(18,19)13-6-4-5-11(14)10(13)7-15/h4-6,9,12,16-17H,3,8H2,1-2H3. The Morgan fingerprint density at radius 2 is 2.15 bits per heavy atom. The largest absolute Gasteiger partial charge is 0.391 e. The van der Waals surface area contributed by atoms with Crippen LogP contribution < -0.4 is 4.72 Å². The van der Waals surface area contributed by atoms with E-state index in [9.17, 15) is 17.9 Å². The van der Waals surface area contributed by atoms with E-state index in [1.165, 1.54) is 12.1 Å². The lowest BCUT2D eigenvalue weighted by atomic mass is 10.0. The van der Waals surface area contributed by atoms with Crippen LogP contribution >= 0.6 is 0 Å². The second-order valence-electron chi connectivity index (χ2n) is 4.53. The number of halogens is 1. The number of nitrogens with one attached hydrogen (secondary N) is 1. The summed E-state index contributed by atoms with van der Waals surface area (Å²) in [5.41, 5.74) is -0.530. The molecule has 2 unspecified atom stereocenters. The van der Waals surface area contributed by atoms with E-state index in [4.69, 9.17) is 5.26 Å². The molecule has 0 saturated carbocycles. The Kier molecular flexibility index (Phi) is 5.62. The monoisotopic (exact) mass is 300 g/mol. The first-order chi connectivity index (χ1) is 9.33. The zero-order chi connectivity index (χ0) is 15.3. The van der Waals surface area contributed by atoms with E-state index < -0.39 is 32.4 Å². The maximum absolute atomic E-state index is 13.4. The van der Waals surface area contributed by atoms with Gasteiger partial charge in [-0.15, -0.1) is 0 Å². The molecule has 20 heavy (non-hydrogen) atoms. The van der Waals surface area contributed by atoms with E-state index in [0.29, 0.717) is 6.42 Å². The molecule has 2 N–H and O–H groups in total. The Morgan fingerprint density at radius 3 is 2.70 bits per heavy atom. The third-order valence-electron chi connectivity index (χ3n) is 3.16. The molecule has 0 spiro atoms. The van der Waals surface area contributed by atoms with E-state index in [-0.39, 0.29) is 12.5 Å². The number of hydrogen-bond donors (Lipinski definition) is 2. The van der Waals surface area contributed by atoms with Crippen LogP contribution in [0.3, 0.4) is 0 Å². The summed E-state index contributed by atoms with van der Waals surface area (Å²) < 4.78 is 39.7. The predicted octanol–water partition coefficient (Wildman–Crippen LogP) is 1.38. The molecule has 1 rings (SSSR count). The molecule has 110 valence electrons. The molecule has 0 aliphatic heterocycles. The van der Waals surface area contributed by atoms with Crippen molar-refractivity contribution in [1.29, 1.82) is 5.26 Å². The number of aliphatic hydroxyl groups excluding tert-OH is 1. The molecule has 5 nitrogen and oxygen atoms in total. The van der Waals surface area contributed by atoms with Crippen LogP contribution in [-0.2, 0) is 10.0 Å². The van der Waals surface area contributed by atoms with Gasteiger partial charge in [-0.25, -0.2) is 17.5 Å². The second kappa shape index (κ2) is 6.79. The highest BCUT2D eigenvalue weighted by molar-refractivity contribution is 7.89. The van der Waals surface area contributed by atoms with Crippen molar-refractivity contribution in [2.75, 3.05) is 6.54 Å². The summed E-state index contributed by atoms with van der Waals surface area (Å²) in [6.07, 6.45) is -0.138. The minimum Gasteiger partial charge on any atom is -0.391 e. The minimum absolute atomic E-state index is 0.0688. The van der Waals surface area contributed by atoms with Gasteiger partial charge in [0.15, 0.2) is 0 Å². The van der Waals surface area contributed by atoms with Crippen LogP contribution in [-0.4, -0.2) is 26.2 Å². The third-order valence-corrected chi connectivity index (χ3v) is 4.63. The SMILES string of the molecule is CCC(C)C(O)CNS(=O)(=O)c1cccc(F)c1C#N. The molecule has 0 fully saturated rings. The lowest BCUT2D eigenvalue weighted by Crippen LogP contribution is -2.35. The highest BCUT2D eigenvalue weighted by Gasteiger charge is 2.23. The molecule has 0 heterocycles. The molecule has 1 aromatic rings. The average Bonchev–Trinajstić information content (AvgIpc) is 2.43. The summed E-state index contributed by atoms with van der Waals surface area (Å²) in [5.74, 6) is -0.960.